The van der Waals surface area contributed by atoms with Gasteiger partial charge in [0.05, 0.1) is 0 Å². The van der Waals surface area contributed by atoms with Crippen LogP contribution in [0.15, 0.2) is 71.1 Å². The Morgan fingerprint density at radius 1 is 0.846 bits per heavy atom. The molecule has 0 unspecified atom stereocenters. The zero-order valence-corrected chi connectivity index (χ0v) is 15.7. The Hall–Kier alpha value is -2.59. The zero-order valence-electron chi connectivity index (χ0n) is 14.9. The maximum atomic E-state index is 6.01. The van der Waals surface area contributed by atoms with Crippen molar-refractivity contribution in [3.63, 3.8) is 0 Å². The number of hydrogen-bond acceptors (Lipinski definition) is 3. The van der Waals surface area contributed by atoms with Gasteiger partial charge in [-0.1, -0.05) is 60.2 Å². The zero-order chi connectivity index (χ0) is 17.9. The predicted molar refractivity (Wildman–Crippen MR) is 111 cm³/mol. The molecule has 1 aliphatic rings. The Bertz CT molecular complexity index is 878. The average Bonchev–Trinajstić information content (AvgIpc) is 3.19. The molecule has 26 heavy (non-hydrogen) atoms. The van der Waals surface area contributed by atoms with Crippen LogP contribution in [-0.4, -0.2) is 36.1 Å². The smallest absolute Gasteiger partial charge is 0.162 e. The van der Waals surface area contributed by atoms with Crippen LogP contribution < -0.4 is 4.90 Å². The van der Waals surface area contributed by atoms with E-state index >= 15 is 0 Å². The minimum absolute atomic E-state index is 0.780. The van der Waals surface area contributed by atoms with E-state index in [1.54, 1.807) is 0 Å². The van der Waals surface area contributed by atoms with Gasteiger partial charge in [0.2, 0.25) is 0 Å². The van der Waals surface area contributed by atoms with Crippen molar-refractivity contribution in [1.82, 2.24) is 4.90 Å². The van der Waals surface area contributed by atoms with Crippen LogP contribution in [0.2, 0.25) is 0 Å². The molecule has 4 heteroatoms. The standard InChI is InChI=1S/C22H22N2OS/c1-17-7-9-19(10-8-17)23-13-15-24(16-14-23)22(26)21-12-11-20(25-21)18-5-3-2-4-6-18/h2-12H,13-16H2,1H3. The summed E-state index contributed by atoms with van der Waals surface area (Å²) < 4.78 is 6.01. The Balaban J connectivity index is 1.41. The fourth-order valence-corrected chi connectivity index (χ4v) is 3.58. The first kappa shape index (κ1) is 16.9. The molecule has 1 aliphatic heterocycles. The van der Waals surface area contributed by atoms with Crippen molar-refractivity contribution in [3.05, 3.63) is 78.1 Å². The maximum Gasteiger partial charge on any atom is 0.162 e. The van der Waals surface area contributed by atoms with Gasteiger partial charge in [-0.3, -0.25) is 0 Å². The van der Waals surface area contributed by atoms with Gasteiger partial charge >= 0.3 is 0 Å². The van der Waals surface area contributed by atoms with Gasteiger partial charge in [-0.15, -0.1) is 0 Å². The van der Waals surface area contributed by atoms with Crippen molar-refractivity contribution < 1.29 is 4.42 Å². The fraction of sp³-hybridized carbons (Fsp3) is 0.227. The lowest BCUT2D eigenvalue weighted by molar-refractivity contribution is 0.385. The molecule has 3 aromatic rings. The summed E-state index contributed by atoms with van der Waals surface area (Å²) in [6.45, 7) is 5.88. The van der Waals surface area contributed by atoms with E-state index in [0.29, 0.717) is 0 Å². The molecule has 132 valence electrons. The molecule has 0 atom stereocenters. The van der Waals surface area contributed by atoms with E-state index in [4.69, 9.17) is 16.6 Å². The molecular weight excluding hydrogens is 340 g/mol. The van der Waals surface area contributed by atoms with Crippen LogP contribution >= 0.6 is 12.2 Å². The monoisotopic (exact) mass is 362 g/mol. The summed E-state index contributed by atoms with van der Waals surface area (Å²) in [5.41, 5.74) is 3.65. The molecule has 0 aliphatic carbocycles. The van der Waals surface area contributed by atoms with E-state index in [2.05, 4.69) is 41.0 Å². The lowest BCUT2D eigenvalue weighted by Gasteiger charge is -2.37. The Morgan fingerprint density at radius 2 is 1.54 bits per heavy atom. The number of thiocarbonyl (C=S) groups is 1. The summed E-state index contributed by atoms with van der Waals surface area (Å²) in [6.07, 6.45) is 0. The second-order valence-corrected chi connectivity index (χ2v) is 7.03. The molecule has 0 N–H and O–H groups in total. The lowest BCUT2D eigenvalue weighted by atomic mass is 10.2. The minimum atomic E-state index is 0.780. The molecule has 0 radical (unpaired) electrons. The Labute approximate surface area is 159 Å². The number of nitrogens with zero attached hydrogens (tertiary/aromatic N) is 2. The molecule has 1 saturated heterocycles. The fourth-order valence-electron chi connectivity index (χ4n) is 3.29. The molecular formula is C22H22N2OS. The van der Waals surface area contributed by atoms with Gasteiger partial charge in [0.1, 0.15) is 10.7 Å². The first-order valence-electron chi connectivity index (χ1n) is 8.97. The van der Waals surface area contributed by atoms with Crippen molar-refractivity contribution in [2.24, 2.45) is 0 Å². The van der Waals surface area contributed by atoms with E-state index in [-0.39, 0.29) is 0 Å². The first-order chi connectivity index (χ1) is 12.7. The predicted octanol–water partition coefficient (Wildman–Crippen LogP) is 4.75. The number of benzene rings is 2. The van der Waals surface area contributed by atoms with Crippen molar-refractivity contribution in [1.29, 1.82) is 0 Å². The largest absolute Gasteiger partial charge is 0.454 e. The number of aryl methyl sites for hydroxylation is 1. The Morgan fingerprint density at radius 3 is 2.23 bits per heavy atom. The summed E-state index contributed by atoms with van der Waals surface area (Å²) in [5.74, 6) is 1.64. The number of anilines is 1. The van der Waals surface area contributed by atoms with Crippen LogP contribution in [0.1, 0.15) is 11.3 Å². The highest BCUT2D eigenvalue weighted by Gasteiger charge is 2.21. The molecule has 1 aromatic heterocycles. The van der Waals surface area contributed by atoms with E-state index < -0.39 is 0 Å². The molecule has 1 fully saturated rings. The molecule has 0 spiro atoms. The third kappa shape index (κ3) is 3.51. The number of rotatable bonds is 3. The van der Waals surface area contributed by atoms with Gasteiger partial charge in [0.25, 0.3) is 0 Å². The average molecular weight is 362 g/mol. The van der Waals surface area contributed by atoms with Gasteiger partial charge in [0, 0.05) is 37.4 Å². The molecule has 3 nitrogen and oxygen atoms in total. The van der Waals surface area contributed by atoms with E-state index in [9.17, 15) is 0 Å². The number of furan rings is 1. The van der Waals surface area contributed by atoms with Gasteiger partial charge in [0.15, 0.2) is 5.76 Å². The molecule has 0 amide bonds. The summed E-state index contributed by atoms with van der Waals surface area (Å²) in [6, 6.07) is 22.8. The highest BCUT2D eigenvalue weighted by atomic mass is 32.1. The highest BCUT2D eigenvalue weighted by Crippen LogP contribution is 2.24. The van der Waals surface area contributed by atoms with Crippen LogP contribution in [0.4, 0.5) is 5.69 Å². The third-order valence-corrected chi connectivity index (χ3v) is 5.30. The van der Waals surface area contributed by atoms with Gasteiger partial charge in [-0.05, 0) is 31.2 Å². The van der Waals surface area contributed by atoms with Crippen LogP contribution in [-0.2, 0) is 0 Å². The van der Waals surface area contributed by atoms with Crippen molar-refractivity contribution in [3.8, 4) is 11.3 Å². The summed E-state index contributed by atoms with van der Waals surface area (Å²) in [7, 11) is 0. The molecule has 0 bridgehead atoms. The normalized spacial score (nSPS) is 14.5. The van der Waals surface area contributed by atoms with Crippen LogP contribution in [0.3, 0.4) is 0 Å². The second-order valence-electron chi connectivity index (χ2n) is 6.64. The molecule has 4 rings (SSSR count). The van der Waals surface area contributed by atoms with Crippen LogP contribution in [0.25, 0.3) is 11.3 Å². The Kier molecular flexibility index (Phi) is 4.76. The summed E-state index contributed by atoms with van der Waals surface area (Å²) in [5, 5.41) is 0. The van der Waals surface area contributed by atoms with Crippen molar-refractivity contribution in [2.45, 2.75) is 6.92 Å². The van der Waals surface area contributed by atoms with Crippen LogP contribution in [0, 0.1) is 6.92 Å². The van der Waals surface area contributed by atoms with Gasteiger partial charge in [-0.2, -0.15) is 0 Å². The quantitative estimate of drug-likeness (QED) is 0.626. The summed E-state index contributed by atoms with van der Waals surface area (Å²) in [4.78, 5) is 5.46. The van der Waals surface area contributed by atoms with E-state index in [1.807, 2.05) is 42.5 Å². The van der Waals surface area contributed by atoms with Gasteiger partial charge in [-0.25, -0.2) is 0 Å². The first-order valence-corrected chi connectivity index (χ1v) is 9.38. The lowest BCUT2D eigenvalue weighted by Crippen LogP contribution is -2.48. The summed E-state index contributed by atoms with van der Waals surface area (Å²) >= 11 is 5.69. The van der Waals surface area contributed by atoms with E-state index in [0.717, 1.165) is 48.3 Å². The maximum absolute atomic E-state index is 6.01. The second kappa shape index (κ2) is 7.34. The highest BCUT2D eigenvalue weighted by molar-refractivity contribution is 7.80. The minimum Gasteiger partial charge on any atom is -0.454 e. The van der Waals surface area contributed by atoms with Crippen molar-refractivity contribution >= 4 is 22.9 Å². The third-order valence-electron chi connectivity index (χ3n) is 4.84. The van der Waals surface area contributed by atoms with Crippen LogP contribution in [0.5, 0.6) is 0 Å². The van der Waals surface area contributed by atoms with Crippen molar-refractivity contribution in [2.75, 3.05) is 31.1 Å². The topological polar surface area (TPSA) is 19.6 Å². The molecule has 2 heterocycles. The number of piperazine rings is 1. The SMILES string of the molecule is Cc1ccc(N2CCN(C(=S)c3ccc(-c4ccccc4)o3)CC2)cc1. The van der Waals surface area contributed by atoms with E-state index in [1.165, 1.54) is 11.3 Å². The molecule has 0 saturated carbocycles. The van der Waals surface area contributed by atoms with Gasteiger partial charge < -0.3 is 14.2 Å². The number of hydrogen-bond donors (Lipinski definition) is 0. The molecule has 2 aromatic carbocycles.